The molecular weight excluding hydrogens is 312 g/mol. The summed E-state index contributed by atoms with van der Waals surface area (Å²) in [4.78, 5) is 0. The molecule has 2 atom stereocenters. The quantitative estimate of drug-likeness (QED) is 0.848. The molecule has 130 valence electrons. The Morgan fingerprint density at radius 3 is 2.76 bits per heavy atom. The summed E-state index contributed by atoms with van der Waals surface area (Å²) < 4.78 is 5.28. The summed E-state index contributed by atoms with van der Waals surface area (Å²) in [5.74, 6) is 0.692. The lowest BCUT2D eigenvalue weighted by Crippen LogP contribution is -2.41. The number of fused-ring (bicyclic) bond motifs is 1. The maximum Gasteiger partial charge on any atom is 0.174 e. The first-order chi connectivity index (χ1) is 12.1. The van der Waals surface area contributed by atoms with Crippen molar-refractivity contribution >= 4 is 0 Å². The molecule has 0 saturated heterocycles. The molecule has 0 radical (unpaired) electrons. The average Bonchev–Trinajstić information content (AvgIpc) is 2.65. The summed E-state index contributed by atoms with van der Waals surface area (Å²) >= 11 is 0. The molecule has 0 heterocycles. The molecule has 2 unspecified atom stereocenters. The van der Waals surface area contributed by atoms with Gasteiger partial charge >= 0.3 is 0 Å². The van der Waals surface area contributed by atoms with E-state index in [9.17, 15) is 5.11 Å². The van der Waals surface area contributed by atoms with Crippen LogP contribution in [0.3, 0.4) is 0 Å². The van der Waals surface area contributed by atoms with E-state index in [1.165, 1.54) is 5.56 Å². The molecule has 0 fully saturated rings. The minimum Gasteiger partial charge on any atom is -0.479 e. The van der Waals surface area contributed by atoms with Gasteiger partial charge in [-0.25, -0.2) is 0 Å². The number of hydrogen-bond donors (Lipinski definition) is 2. The van der Waals surface area contributed by atoms with Gasteiger partial charge in [0.1, 0.15) is 17.4 Å². The van der Waals surface area contributed by atoms with Crippen molar-refractivity contribution in [3.63, 3.8) is 0 Å². The lowest BCUT2D eigenvalue weighted by atomic mass is 9.79. The number of nitriles is 1. The number of nitrogens with one attached hydrogen (secondary N) is 1. The Kier molecular flexibility index (Phi) is 5.37. The van der Waals surface area contributed by atoms with Crippen molar-refractivity contribution in [2.75, 3.05) is 13.2 Å². The lowest BCUT2D eigenvalue weighted by Gasteiger charge is -2.35. The molecule has 0 aromatic heterocycles. The van der Waals surface area contributed by atoms with Crippen LogP contribution in [0.15, 0.2) is 48.5 Å². The van der Waals surface area contributed by atoms with Crippen molar-refractivity contribution in [2.24, 2.45) is 0 Å². The number of rotatable bonds is 6. The van der Waals surface area contributed by atoms with Crippen LogP contribution in [0.4, 0.5) is 0 Å². The molecule has 4 nitrogen and oxygen atoms in total. The summed E-state index contributed by atoms with van der Waals surface area (Å²) in [5, 5.41) is 23.2. The topological polar surface area (TPSA) is 65.3 Å². The molecule has 3 rings (SSSR count). The van der Waals surface area contributed by atoms with Gasteiger partial charge in [-0.3, -0.25) is 0 Å². The minimum absolute atomic E-state index is 0.0552. The van der Waals surface area contributed by atoms with Crippen molar-refractivity contribution in [3.8, 4) is 11.8 Å². The molecule has 0 bridgehead atoms. The van der Waals surface area contributed by atoms with Gasteiger partial charge < -0.3 is 15.2 Å². The maximum atomic E-state index is 11.1. The van der Waals surface area contributed by atoms with Gasteiger partial charge in [0.05, 0.1) is 0 Å². The van der Waals surface area contributed by atoms with Crippen molar-refractivity contribution in [1.29, 1.82) is 5.26 Å². The number of benzene rings is 2. The predicted molar refractivity (Wildman–Crippen MR) is 97.2 cm³/mol. The largest absolute Gasteiger partial charge is 0.479 e. The van der Waals surface area contributed by atoms with Crippen LogP contribution in [0.5, 0.6) is 5.75 Å². The highest BCUT2D eigenvalue weighted by atomic mass is 16.5. The van der Waals surface area contributed by atoms with Gasteiger partial charge in [-0.05, 0) is 55.0 Å². The Morgan fingerprint density at radius 1 is 1.24 bits per heavy atom. The Hall–Kier alpha value is -2.35. The van der Waals surface area contributed by atoms with E-state index < -0.39 is 5.60 Å². The number of nitrogens with zero attached hydrogens (tertiary/aromatic N) is 1. The zero-order valence-electron chi connectivity index (χ0n) is 14.5. The molecule has 2 N–H and O–H groups in total. The van der Waals surface area contributed by atoms with E-state index in [1.54, 1.807) is 0 Å². The molecule has 25 heavy (non-hydrogen) atoms. The van der Waals surface area contributed by atoms with Crippen LogP contribution in [0.25, 0.3) is 0 Å². The van der Waals surface area contributed by atoms with Gasteiger partial charge in [0.25, 0.3) is 0 Å². The van der Waals surface area contributed by atoms with Crippen molar-refractivity contribution in [1.82, 2.24) is 5.32 Å². The van der Waals surface area contributed by atoms with Crippen LogP contribution >= 0.6 is 0 Å². The van der Waals surface area contributed by atoms with Gasteiger partial charge in [0.15, 0.2) is 6.61 Å². The van der Waals surface area contributed by atoms with Crippen molar-refractivity contribution in [3.05, 3.63) is 65.2 Å². The zero-order valence-corrected chi connectivity index (χ0v) is 14.5. The molecule has 2 aromatic carbocycles. The fraction of sp³-hybridized carbons (Fsp3) is 0.381. The molecule has 0 saturated carbocycles. The average molecular weight is 336 g/mol. The van der Waals surface area contributed by atoms with Crippen LogP contribution in [-0.4, -0.2) is 18.3 Å². The minimum atomic E-state index is -0.807. The first-order valence-electron chi connectivity index (χ1n) is 8.76. The summed E-state index contributed by atoms with van der Waals surface area (Å²) in [7, 11) is 0. The first kappa shape index (κ1) is 17.5. The Balaban J connectivity index is 1.64. The number of ether oxygens (including phenoxy) is 1. The predicted octanol–water partition coefficient (Wildman–Crippen LogP) is 3.46. The van der Waals surface area contributed by atoms with E-state index in [4.69, 9.17) is 10.00 Å². The molecule has 4 heteroatoms. The van der Waals surface area contributed by atoms with Gasteiger partial charge in [-0.15, -0.1) is 0 Å². The number of aliphatic hydroxyl groups is 1. The van der Waals surface area contributed by atoms with Gasteiger partial charge in [-0.2, -0.15) is 5.26 Å². The second-order valence-electron chi connectivity index (χ2n) is 6.66. The third-order valence-corrected chi connectivity index (χ3v) is 4.94. The van der Waals surface area contributed by atoms with Crippen LogP contribution in [0, 0.1) is 11.3 Å². The molecule has 0 amide bonds. The van der Waals surface area contributed by atoms with E-state index in [2.05, 4.69) is 18.3 Å². The van der Waals surface area contributed by atoms with Crippen LogP contribution < -0.4 is 10.1 Å². The van der Waals surface area contributed by atoms with E-state index in [0.29, 0.717) is 12.3 Å². The SMILES string of the molecule is CC(NCC1(O)CCCc2ccccc21)c1ccc(OCC#N)cc1. The second-order valence-corrected chi connectivity index (χ2v) is 6.66. The van der Waals surface area contributed by atoms with Gasteiger partial charge in [-0.1, -0.05) is 36.4 Å². The van der Waals surface area contributed by atoms with Crippen molar-refractivity contribution < 1.29 is 9.84 Å². The van der Waals surface area contributed by atoms with E-state index in [1.807, 2.05) is 48.5 Å². The standard InChI is InChI=1S/C21H24N2O2/c1-16(17-8-10-19(11-9-17)25-14-13-22)23-15-21(24)12-4-6-18-5-2-3-7-20(18)21/h2-3,5,7-11,16,23-24H,4,6,12,14-15H2,1H3. The Labute approximate surface area is 149 Å². The highest BCUT2D eigenvalue weighted by Crippen LogP contribution is 2.35. The molecule has 1 aliphatic rings. The molecule has 0 spiro atoms. The van der Waals surface area contributed by atoms with Crippen LogP contribution in [0.2, 0.25) is 0 Å². The van der Waals surface area contributed by atoms with Gasteiger partial charge in [0.2, 0.25) is 0 Å². The Morgan fingerprint density at radius 2 is 2.00 bits per heavy atom. The third-order valence-electron chi connectivity index (χ3n) is 4.94. The van der Waals surface area contributed by atoms with E-state index in [-0.39, 0.29) is 12.6 Å². The summed E-state index contributed by atoms with van der Waals surface area (Å²) in [5.41, 5.74) is 2.63. The highest BCUT2D eigenvalue weighted by Gasteiger charge is 2.34. The number of aryl methyl sites for hydroxylation is 1. The van der Waals surface area contributed by atoms with Gasteiger partial charge in [0, 0.05) is 12.6 Å². The third kappa shape index (κ3) is 4.01. The monoisotopic (exact) mass is 336 g/mol. The van der Waals surface area contributed by atoms with E-state index >= 15 is 0 Å². The number of hydrogen-bond acceptors (Lipinski definition) is 4. The van der Waals surface area contributed by atoms with Crippen LogP contribution in [0.1, 0.15) is 42.5 Å². The second kappa shape index (κ2) is 7.69. The summed E-state index contributed by atoms with van der Waals surface area (Å²) in [6.07, 6.45) is 2.83. The molecular formula is C21H24N2O2. The van der Waals surface area contributed by atoms with E-state index in [0.717, 1.165) is 30.4 Å². The smallest absolute Gasteiger partial charge is 0.174 e. The molecule has 0 aliphatic heterocycles. The zero-order chi connectivity index (χ0) is 17.7. The molecule has 1 aliphatic carbocycles. The lowest BCUT2D eigenvalue weighted by molar-refractivity contribution is 0.0170. The first-order valence-corrected chi connectivity index (χ1v) is 8.76. The normalized spacial score (nSPS) is 20.4. The molecule has 2 aromatic rings. The highest BCUT2D eigenvalue weighted by molar-refractivity contribution is 5.35. The fourth-order valence-corrected chi connectivity index (χ4v) is 3.49. The van der Waals surface area contributed by atoms with Crippen molar-refractivity contribution in [2.45, 2.75) is 37.8 Å². The summed E-state index contributed by atoms with van der Waals surface area (Å²) in [6.45, 7) is 2.67. The fourth-order valence-electron chi connectivity index (χ4n) is 3.49. The van der Waals surface area contributed by atoms with Crippen LogP contribution in [-0.2, 0) is 12.0 Å². The summed E-state index contributed by atoms with van der Waals surface area (Å²) in [6, 6.07) is 18.0. The Bertz CT molecular complexity index is 751. The maximum absolute atomic E-state index is 11.1.